The molecule has 1 aromatic rings. The van der Waals surface area contributed by atoms with Gasteiger partial charge in [-0.15, -0.1) is 0 Å². The number of carbonyl (C=O) groups excluding carboxylic acids is 1. The van der Waals surface area contributed by atoms with Crippen LogP contribution in [0.15, 0.2) is 43.0 Å². The van der Waals surface area contributed by atoms with E-state index >= 15 is 0 Å². The van der Waals surface area contributed by atoms with Crippen molar-refractivity contribution in [3.8, 4) is 0 Å². The Balaban J connectivity index is 2.05. The zero-order valence-electron chi connectivity index (χ0n) is 9.32. The van der Waals surface area contributed by atoms with Gasteiger partial charge in [0.1, 0.15) is 5.60 Å². The third-order valence-corrected chi connectivity index (χ3v) is 3.12. The number of ether oxygens (including phenoxy) is 1. The van der Waals surface area contributed by atoms with E-state index in [1.54, 1.807) is 0 Å². The highest BCUT2D eigenvalue weighted by molar-refractivity contribution is 5.81. The molecule has 1 aromatic carbocycles. The van der Waals surface area contributed by atoms with Crippen LogP contribution in [0, 0.1) is 0 Å². The summed E-state index contributed by atoms with van der Waals surface area (Å²) in [6, 6.07) is 10.2. The molecule has 16 heavy (non-hydrogen) atoms. The Morgan fingerprint density at radius 2 is 2.06 bits per heavy atom. The van der Waals surface area contributed by atoms with Gasteiger partial charge in [-0.1, -0.05) is 36.9 Å². The molecule has 2 heteroatoms. The molecule has 2 rings (SSSR count). The van der Waals surface area contributed by atoms with E-state index in [4.69, 9.17) is 4.74 Å². The van der Waals surface area contributed by atoms with Gasteiger partial charge in [-0.05, 0) is 24.8 Å². The van der Waals surface area contributed by atoms with Crippen LogP contribution in [-0.2, 0) is 16.0 Å². The van der Waals surface area contributed by atoms with E-state index < -0.39 is 0 Å². The Morgan fingerprint density at radius 1 is 1.38 bits per heavy atom. The molecule has 2 nitrogen and oxygen atoms in total. The Morgan fingerprint density at radius 3 is 2.56 bits per heavy atom. The van der Waals surface area contributed by atoms with Crippen molar-refractivity contribution in [3.63, 3.8) is 0 Å². The monoisotopic (exact) mass is 216 g/mol. The lowest BCUT2D eigenvalue weighted by Gasteiger charge is -2.41. The summed E-state index contributed by atoms with van der Waals surface area (Å²) in [5.41, 5.74) is 0.950. The summed E-state index contributed by atoms with van der Waals surface area (Å²) in [6.07, 6.45) is 5.11. The lowest BCUT2D eigenvalue weighted by molar-refractivity contribution is -0.162. The molecule has 1 aliphatic carbocycles. The SMILES string of the molecule is C=CC(=O)OC1(Cc2ccccc2)CCC1. The molecule has 0 atom stereocenters. The molecule has 0 amide bonds. The Bertz CT molecular complexity index is 377. The van der Waals surface area contributed by atoms with Gasteiger partial charge in [-0.2, -0.15) is 0 Å². The standard InChI is InChI=1S/C14H16O2/c1-2-13(15)16-14(9-6-10-14)11-12-7-4-3-5-8-12/h2-5,7-8H,1,6,9-11H2. The third-order valence-electron chi connectivity index (χ3n) is 3.12. The average Bonchev–Trinajstić information content (AvgIpc) is 2.27. The quantitative estimate of drug-likeness (QED) is 0.571. The maximum atomic E-state index is 11.3. The van der Waals surface area contributed by atoms with Gasteiger partial charge in [0, 0.05) is 12.5 Å². The second-order valence-electron chi connectivity index (χ2n) is 4.32. The van der Waals surface area contributed by atoms with E-state index in [1.807, 2.05) is 18.2 Å². The van der Waals surface area contributed by atoms with Crippen molar-refractivity contribution >= 4 is 5.97 Å². The first kappa shape index (κ1) is 10.9. The summed E-state index contributed by atoms with van der Waals surface area (Å²) in [7, 11) is 0. The number of benzene rings is 1. The molecular weight excluding hydrogens is 200 g/mol. The van der Waals surface area contributed by atoms with E-state index in [1.165, 1.54) is 11.6 Å². The molecule has 0 unspecified atom stereocenters. The maximum absolute atomic E-state index is 11.3. The third kappa shape index (κ3) is 2.32. The van der Waals surface area contributed by atoms with Crippen LogP contribution in [0.4, 0.5) is 0 Å². The highest BCUT2D eigenvalue weighted by Gasteiger charge is 2.40. The minimum Gasteiger partial charge on any atom is -0.456 e. The minimum absolute atomic E-state index is 0.271. The van der Waals surface area contributed by atoms with Crippen molar-refractivity contribution in [1.82, 2.24) is 0 Å². The summed E-state index contributed by atoms with van der Waals surface area (Å²) in [4.78, 5) is 11.3. The van der Waals surface area contributed by atoms with Gasteiger partial charge in [0.25, 0.3) is 0 Å². The Kier molecular flexibility index (Phi) is 3.09. The highest BCUT2D eigenvalue weighted by Crippen LogP contribution is 2.38. The summed E-state index contributed by atoms with van der Waals surface area (Å²) < 4.78 is 5.47. The van der Waals surface area contributed by atoms with Crippen LogP contribution in [0.25, 0.3) is 0 Å². The molecule has 0 bridgehead atoms. The number of hydrogen-bond acceptors (Lipinski definition) is 2. The topological polar surface area (TPSA) is 26.3 Å². The molecule has 0 saturated heterocycles. The number of carbonyl (C=O) groups is 1. The first-order valence-electron chi connectivity index (χ1n) is 5.63. The predicted molar refractivity (Wildman–Crippen MR) is 63.0 cm³/mol. The van der Waals surface area contributed by atoms with Crippen molar-refractivity contribution in [3.05, 3.63) is 48.6 Å². The van der Waals surface area contributed by atoms with Crippen molar-refractivity contribution in [2.24, 2.45) is 0 Å². The number of esters is 1. The van der Waals surface area contributed by atoms with Gasteiger partial charge in [0.2, 0.25) is 0 Å². The van der Waals surface area contributed by atoms with Gasteiger partial charge in [-0.25, -0.2) is 4.79 Å². The summed E-state index contributed by atoms with van der Waals surface area (Å²) in [6.45, 7) is 3.44. The van der Waals surface area contributed by atoms with Crippen molar-refractivity contribution < 1.29 is 9.53 Å². The van der Waals surface area contributed by atoms with Crippen LogP contribution in [0.2, 0.25) is 0 Å². The first-order valence-corrected chi connectivity index (χ1v) is 5.63. The van der Waals surface area contributed by atoms with E-state index in [2.05, 4.69) is 18.7 Å². The van der Waals surface area contributed by atoms with E-state index in [0.717, 1.165) is 25.7 Å². The van der Waals surface area contributed by atoms with Crippen LogP contribution in [0.5, 0.6) is 0 Å². The number of rotatable bonds is 4. The van der Waals surface area contributed by atoms with Crippen molar-refractivity contribution in [2.45, 2.75) is 31.3 Å². The lowest BCUT2D eigenvalue weighted by Crippen LogP contribution is -2.43. The molecule has 0 radical (unpaired) electrons. The van der Waals surface area contributed by atoms with Crippen LogP contribution in [0.1, 0.15) is 24.8 Å². The molecule has 0 N–H and O–H groups in total. The molecule has 1 saturated carbocycles. The zero-order valence-corrected chi connectivity index (χ0v) is 9.32. The number of hydrogen-bond donors (Lipinski definition) is 0. The average molecular weight is 216 g/mol. The fourth-order valence-electron chi connectivity index (χ4n) is 2.11. The van der Waals surface area contributed by atoms with E-state index in [0.29, 0.717) is 0 Å². The van der Waals surface area contributed by atoms with Gasteiger partial charge in [0.15, 0.2) is 0 Å². The molecule has 0 heterocycles. The Labute approximate surface area is 95.9 Å². The summed E-state index contributed by atoms with van der Waals surface area (Å²) in [5, 5.41) is 0. The van der Waals surface area contributed by atoms with Crippen LogP contribution < -0.4 is 0 Å². The van der Waals surface area contributed by atoms with Gasteiger partial charge < -0.3 is 4.74 Å². The van der Waals surface area contributed by atoms with Crippen LogP contribution in [-0.4, -0.2) is 11.6 Å². The molecule has 0 aromatic heterocycles. The Hall–Kier alpha value is -1.57. The second kappa shape index (κ2) is 4.52. The molecule has 0 aliphatic heterocycles. The predicted octanol–water partition coefficient (Wildman–Crippen LogP) is 2.88. The van der Waals surface area contributed by atoms with Gasteiger partial charge in [0.05, 0.1) is 0 Å². The zero-order chi connectivity index (χ0) is 11.4. The summed E-state index contributed by atoms with van der Waals surface area (Å²) >= 11 is 0. The van der Waals surface area contributed by atoms with E-state index in [-0.39, 0.29) is 11.6 Å². The highest BCUT2D eigenvalue weighted by atomic mass is 16.6. The van der Waals surface area contributed by atoms with E-state index in [9.17, 15) is 4.79 Å². The van der Waals surface area contributed by atoms with Crippen LogP contribution in [0.3, 0.4) is 0 Å². The molecule has 1 fully saturated rings. The molecular formula is C14H16O2. The first-order chi connectivity index (χ1) is 7.74. The molecule has 84 valence electrons. The molecule has 1 aliphatic rings. The second-order valence-corrected chi connectivity index (χ2v) is 4.32. The largest absolute Gasteiger partial charge is 0.456 e. The minimum atomic E-state index is -0.310. The maximum Gasteiger partial charge on any atom is 0.330 e. The summed E-state index contributed by atoms with van der Waals surface area (Å²) in [5.74, 6) is -0.310. The molecule has 0 spiro atoms. The fourth-order valence-corrected chi connectivity index (χ4v) is 2.11. The van der Waals surface area contributed by atoms with Gasteiger partial charge >= 0.3 is 5.97 Å². The van der Waals surface area contributed by atoms with Gasteiger partial charge in [-0.3, -0.25) is 0 Å². The lowest BCUT2D eigenvalue weighted by atomic mass is 9.76. The smallest absolute Gasteiger partial charge is 0.330 e. The van der Waals surface area contributed by atoms with Crippen molar-refractivity contribution in [2.75, 3.05) is 0 Å². The van der Waals surface area contributed by atoms with Crippen molar-refractivity contribution in [1.29, 1.82) is 0 Å². The normalized spacial score (nSPS) is 17.2. The fraction of sp³-hybridized carbons (Fsp3) is 0.357. The van der Waals surface area contributed by atoms with Crippen LogP contribution >= 0.6 is 0 Å².